The van der Waals surface area contributed by atoms with Crippen molar-refractivity contribution in [3.63, 3.8) is 0 Å². The maximum atomic E-state index is 13.2. The number of benzene rings is 1. The van der Waals surface area contributed by atoms with E-state index in [1.54, 1.807) is 18.2 Å². The van der Waals surface area contributed by atoms with Crippen molar-refractivity contribution in [1.29, 1.82) is 0 Å². The second kappa shape index (κ2) is 7.62. The lowest BCUT2D eigenvalue weighted by Crippen LogP contribution is -2.40. The Morgan fingerprint density at radius 1 is 1.44 bits per heavy atom. The smallest absolute Gasteiger partial charge is 0.315 e. The first kappa shape index (κ1) is 14.4. The summed E-state index contributed by atoms with van der Waals surface area (Å²) >= 11 is 0. The molecule has 0 saturated heterocycles. The average Bonchev–Trinajstić information content (AvgIpc) is 2.36. The van der Waals surface area contributed by atoms with Crippen molar-refractivity contribution in [2.75, 3.05) is 20.3 Å². The predicted octanol–water partition coefficient (Wildman–Crippen LogP) is 0.632. The zero-order valence-corrected chi connectivity index (χ0v) is 10.1. The van der Waals surface area contributed by atoms with Gasteiger partial charge in [0, 0.05) is 25.8 Å². The number of ether oxygens (including phenoxy) is 1. The minimum Gasteiger partial charge on any atom is -0.389 e. The molecular formula is C12H17FN2O3. The highest BCUT2D eigenvalue weighted by Gasteiger charge is 2.07. The third-order valence-corrected chi connectivity index (χ3v) is 2.25. The van der Waals surface area contributed by atoms with Crippen LogP contribution in [0.25, 0.3) is 0 Å². The second-order valence-electron chi connectivity index (χ2n) is 3.76. The van der Waals surface area contributed by atoms with Gasteiger partial charge in [0.2, 0.25) is 0 Å². The van der Waals surface area contributed by atoms with E-state index in [1.807, 2.05) is 0 Å². The van der Waals surface area contributed by atoms with E-state index in [-0.39, 0.29) is 25.5 Å². The van der Waals surface area contributed by atoms with Crippen molar-refractivity contribution in [2.45, 2.75) is 12.6 Å². The number of rotatable bonds is 6. The Bertz CT molecular complexity index is 387. The molecule has 0 heterocycles. The number of aliphatic hydroxyl groups is 1. The van der Waals surface area contributed by atoms with Crippen molar-refractivity contribution in [3.05, 3.63) is 35.6 Å². The number of urea groups is 1. The molecule has 5 nitrogen and oxygen atoms in total. The number of hydrogen-bond donors (Lipinski definition) is 3. The molecule has 1 aromatic carbocycles. The highest BCUT2D eigenvalue weighted by atomic mass is 19.1. The van der Waals surface area contributed by atoms with E-state index in [0.29, 0.717) is 5.56 Å². The third-order valence-electron chi connectivity index (χ3n) is 2.25. The van der Waals surface area contributed by atoms with Crippen LogP contribution in [0.5, 0.6) is 0 Å². The Balaban J connectivity index is 2.27. The Morgan fingerprint density at radius 2 is 2.17 bits per heavy atom. The highest BCUT2D eigenvalue weighted by Crippen LogP contribution is 2.05. The van der Waals surface area contributed by atoms with Gasteiger partial charge in [-0.1, -0.05) is 18.2 Å². The molecule has 0 radical (unpaired) electrons. The second-order valence-corrected chi connectivity index (χ2v) is 3.76. The molecule has 6 heteroatoms. The molecule has 0 aliphatic rings. The van der Waals surface area contributed by atoms with Gasteiger partial charge in [0.25, 0.3) is 0 Å². The molecule has 0 aliphatic carbocycles. The van der Waals surface area contributed by atoms with Gasteiger partial charge in [-0.2, -0.15) is 0 Å². The number of aliphatic hydroxyl groups excluding tert-OH is 1. The SMILES string of the molecule is COCC(O)CNC(=O)NCc1ccccc1F. The lowest BCUT2D eigenvalue weighted by Gasteiger charge is -2.11. The highest BCUT2D eigenvalue weighted by molar-refractivity contribution is 5.73. The predicted molar refractivity (Wildman–Crippen MR) is 64.5 cm³/mol. The lowest BCUT2D eigenvalue weighted by atomic mass is 10.2. The van der Waals surface area contributed by atoms with E-state index in [4.69, 9.17) is 4.74 Å². The van der Waals surface area contributed by atoms with E-state index in [9.17, 15) is 14.3 Å². The van der Waals surface area contributed by atoms with E-state index in [0.717, 1.165) is 0 Å². The summed E-state index contributed by atoms with van der Waals surface area (Å²) in [5.41, 5.74) is 0.407. The molecule has 1 rings (SSSR count). The van der Waals surface area contributed by atoms with Gasteiger partial charge in [-0.15, -0.1) is 0 Å². The number of halogens is 1. The number of carbonyl (C=O) groups excluding carboxylic acids is 1. The van der Waals surface area contributed by atoms with Crippen LogP contribution in [0.15, 0.2) is 24.3 Å². The van der Waals surface area contributed by atoms with Gasteiger partial charge in [-0.25, -0.2) is 9.18 Å². The summed E-state index contributed by atoms with van der Waals surface area (Å²) in [7, 11) is 1.46. The maximum Gasteiger partial charge on any atom is 0.315 e. The van der Waals surface area contributed by atoms with Crippen LogP contribution in [0.3, 0.4) is 0 Å². The standard InChI is InChI=1S/C12H17FN2O3/c1-18-8-10(16)7-15-12(17)14-6-9-4-2-3-5-11(9)13/h2-5,10,16H,6-8H2,1H3,(H2,14,15,17). The molecule has 0 aromatic heterocycles. The Kier molecular flexibility index (Phi) is 6.10. The molecule has 0 spiro atoms. The Morgan fingerprint density at radius 3 is 2.83 bits per heavy atom. The molecule has 18 heavy (non-hydrogen) atoms. The minimum atomic E-state index is -0.755. The first-order valence-electron chi connectivity index (χ1n) is 5.55. The summed E-state index contributed by atoms with van der Waals surface area (Å²) < 4.78 is 17.9. The first-order valence-corrected chi connectivity index (χ1v) is 5.55. The summed E-state index contributed by atoms with van der Waals surface area (Å²) in [5, 5.41) is 14.2. The van der Waals surface area contributed by atoms with E-state index >= 15 is 0 Å². The Labute approximate surface area is 105 Å². The maximum absolute atomic E-state index is 13.2. The van der Waals surface area contributed by atoms with Gasteiger partial charge < -0.3 is 20.5 Å². The molecule has 3 N–H and O–H groups in total. The number of nitrogens with one attached hydrogen (secondary N) is 2. The normalized spacial score (nSPS) is 11.9. The monoisotopic (exact) mass is 256 g/mol. The van der Waals surface area contributed by atoms with Crippen molar-refractivity contribution in [1.82, 2.24) is 10.6 Å². The molecule has 0 saturated carbocycles. The fraction of sp³-hybridized carbons (Fsp3) is 0.417. The average molecular weight is 256 g/mol. The number of amides is 2. The Hall–Kier alpha value is -1.66. The largest absolute Gasteiger partial charge is 0.389 e. The van der Waals surface area contributed by atoms with Gasteiger partial charge in [0.05, 0.1) is 12.7 Å². The molecular weight excluding hydrogens is 239 g/mol. The summed E-state index contributed by atoms with van der Waals surface area (Å²) in [6.45, 7) is 0.323. The van der Waals surface area contributed by atoms with Gasteiger partial charge in [0.15, 0.2) is 0 Å². The molecule has 100 valence electrons. The molecule has 1 atom stereocenters. The van der Waals surface area contributed by atoms with E-state index in [1.165, 1.54) is 13.2 Å². The zero-order valence-electron chi connectivity index (χ0n) is 10.1. The summed E-state index contributed by atoms with van der Waals surface area (Å²) in [6.07, 6.45) is -0.755. The minimum absolute atomic E-state index is 0.0803. The van der Waals surface area contributed by atoms with Crippen molar-refractivity contribution in [2.24, 2.45) is 0 Å². The van der Waals surface area contributed by atoms with Crippen LogP contribution in [-0.2, 0) is 11.3 Å². The van der Waals surface area contributed by atoms with Crippen molar-refractivity contribution < 1.29 is 19.0 Å². The molecule has 1 aromatic rings. The fourth-order valence-electron chi connectivity index (χ4n) is 1.34. The van der Waals surface area contributed by atoms with Gasteiger partial charge in [-0.05, 0) is 6.07 Å². The van der Waals surface area contributed by atoms with Gasteiger partial charge in [-0.3, -0.25) is 0 Å². The molecule has 2 amide bonds. The third kappa shape index (κ3) is 5.11. The molecule has 1 unspecified atom stereocenters. The van der Waals surface area contributed by atoms with E-state index < -0.39 is 12.1 Å². The topological polar surface area (TPSA) is 70.6 Å². The van der Waals surface area contributed by atoms with Crippen LogP contribution in [0.1, 0.15) is 5.56 Å². The molecule has 0 bridgehead atoms. The van der Waals surface area contributed by atoms with Crippen molar-refractivity contribution in [3.8, 4) is 0 Å². The number of hydrogen-bond acceptors (Lipinski definition) is 3. The van der Waals surface area contributed by atoms with Crippen LogP contribution in [0.2, 0.25) is 0 Å². The first-order chi connectivity index (χ1) is 8.63. The van der Waals surface area contributed by atoms with Crippen LogP contribution < -0.4 is 10.6 Å². The summed E-state index contributed by atoms with van der Waals surface area (Å²) in [4.78, 5) is 11.3. The van der Waals surface area contributed by atoms with Crippen LogP contribution in [0.4, 0.5) is 9.18 Å². The molecule has 0 fully saturated rings. The lowest BCUT2D eigenvalue weighted by molar-refractivity contribution is 0.0660. The van der Waals surface area contributed by atoms with Crippen molar-refractivity contribution >= 4 is 6.03 Å². The van der Waals surface area contributed by atoms with Crippen LogP contribution in [0, 0.1) is 5.82 Å². The van der Waals surface area contributed by atoms with Gasteiger partial charge in [0.1, 0.15) is 5.82 Å². The summed E-state index contributed by atoms with van der Waals surface area (Å²) in [5.74, 6) is -0.364. The number of methoxy groups -OCH3 is 1. The van der Waals surface area contributed by atoms with Crippen LogP contribution in [-0.4, -0.2) is 37.5 Å². The fourth-order valence-corrected chi connectivity index (χ4v) is 1.34. The quantitative estimate of drug-likeness (QED) is 0.699. The molecule has 0 aliphatic heterocycles. The van der Waals surface area contributed by atoms with Gasteiger partial charge >= 0.3 is 6.03 Å². The number of carbonyl (C=O) groups is 1. The zero-order chi connectivity index (χ0) is 13.4. The van der Waals surface area contributed by atoms with E-state index in [2.05, 4.69) is 10.6 Å². The van der Waals surface area contributed by atoms with Crippen LogP contribution >= 0.6 is 0 Å². The summed E-state index contributed by atoms with van der Waals surface area (Å²) in [6, 6.07) is 5.74.